The molecule has 4 rings (SSSR count). The number of sulfonamides is 1. The van der Waals surface area contributed by atoms with E-state index in [1.165, 1.54) is 0 Å². The van der Waals surface area contributed by atoms with Gasteiger partial charge in [0.2, 0.25) is 15.9 Å². The number of aryl methyl sites for hydroxylation is 1. The van der Waals surface area contributed by atoms with Crippen molar-refractivity contribution in [3.05, 3.63) is 41.8 Å². The number of carbonyl (C=O) groups is 1. The largest absolute Gasteiger partial charge is 0.339 e. The number of fused-ring (bicyclic) bond motifs is 1. The van der Waals surface area contributed by atoms with E-state index >= 15 is 0 Å². The minimum absolute atomic E-state index is 0.0352. The number of rotatable bonds is 5. The normalized spacial score (nSPS) is 27.1. The number of hydrogen-bond donors (Lipinski definition) is 1. The zero-order valence-electron chi connectivity index (χ0n) is 15.8. The summed E-state index contributed by atoms with van der Waals surface area (Å²) in [5.41, 5.74) is 0.0419. The Bertz CT molecular complexity index is 977. The van der Waals surface area contributed by atoms with Gasteiger partial charge < -0.3 is 9.42 Å². The van der Waals surface area contributed by atoms with Gasteiger partial charge >= 0.3 is 0 Å². The number of hydrogen-bond acceptors (Lipinski definition) is 7. The first kappa shape index (κ1) is 19.0. The first-order valence-corrected chi connectivity index (χ1v) is 11.0. The lowest BCUT2D eigenvalue weighted by Crippen LogP contribution is -2.39. The molecule has 0 bridgehead atoms. The van der Waals surface area contributed by atoms with Crippen molar-refractivity contribution in [1.29, 1.82) is 0 Å². The van der Waals surface area contributed by atoms with Crippen molar-refractivity contribution < 1.29 is 17.7 Å². The van der Waals surface area contributed by atoms with Crippen LogP contribution in [0.5, 0.6) is 0 Å². The maximum absolute atomic E-state index is 12.9. The number of pyridine rings is 1. The molecule has 0 aromatic carbocycles. The smallest absolute Gasteiger partial charge is 0.254 e. The molecule has 1 amide bonds. The zero-order chi connectivity index (χ0) is 19.9. The maximum atomic E-state index is 12.9. The minimum atomic E-state index is -3.31. The fourth-order valence-corrected chi connectivity index (χ4v) is 5.31. The minimum Gasteiger partial charge on any atom is -0.339 e. The van der Waals surface area contributed by atoms with Crippen LogP contribution in [0.4, 0.5) is 0 Å². The third-order valence-electron chi connectivity index (χ3n) is 5.77. The number of nitrogens with zero attached hydrogens (tertiary/aromatic N) is 4. The summed E-state index contributed by atoms with van der Waals surface area (Å²) in [6.45, 7) is 4.31. The topological polar surface area (TPSA) is 118 Å². The average Bonchev–Trinajstić information content (AvgIpc) is 3.34. The first-order valence-electron chi connectivity index (χ1n) is 9.33. The van der Waals surface area contributed by atoms with Crippen molar-refractivity contribution in [3.8, 4) is 0 Å². The van der Waals surface area contributed by atoms with Gasteiger partial charge in [0.15, 0.2) is 5.82 Å². The molecule has 1 aliphatic carbocycles. The summed E-state index contributed by atoms with van der Waals surface area (Å²) in [6, 6.07) is 3.18. The quantitative estimate of drug-likeness (QED) is 0.784. The fourth-order valence-electron chi connectivity index (χ4n) is 4.46. The molecule has 2 aromatic rings. The lowest BCUT2D eigenvalue weighted by atomic mass is 9.80. The second kappa shape index (κ2) is 6.93. The van der Waals surface area contributed by atoms with Gasteiger partial charge in [0, 0.05) is 37.1 Å². The van der Waals surface area contributed by atoms with Crippen molar-refractivity contribution in [2.24, 2.45) is 5.92 Å². The van der Waals surface area contributed by atoms with Crippen LogP contribution in [-0.4, -0.2) is 59.2 Å². The van der Waals surface area contributed by atoms with Crippen LogP contribution in [0.1, 0.15) is 41.8 Å². The van der Waals surface area contributed by atoms with Gasteiger partial charge in [0.05, 0.1) is 11.2 Å². The zero-order valence-corrected chi connectivity index (χ0v) is 16.6. The summed E-state index contributed by atoms with van der Waals surface area (Å²) < 4.78 is 32.4. The Morgan fingerprint density at radius 1 is 1.39 bits per heavy atom. The fraction of sp³-hybridized carbons (Fsp3) is 0.556. The number of nitrogens with one attached hydrogen (secondary N) is 1. The molecule has 2 aromatic heterocycles. The van der Waals surface area contributed by atoms with Gasteiger partial charge in [-0.25, -0.2) is 13.1 Å². The summed E-state index contributed by atoms with van der Waals surface area (Å²) in [5, 5.41) is 3.92. The highest BCUT2D eigenvalue weighted by molar-refractivity contribution is 7.89. The molecular weight excluding hydrogens is 382 g/mol. The van der Waals surface area contributed by atoms with E-state index in [0.29, 0.717) is 43.2 Å². The van der Waals surface area contributed by atoms with E-state index in [2.05, 4.69) is 19.8 Å². The molecule has 0 unspecified atom stereocenters. The Labute approximate surface area is 163 Å². The van der Waals surface area contributed by atoms with Crippen LogP contribution in [0.2, 0.25) is 0 Å². The molecule has 2 aliphatic rings. The third-order valence-corrected chi connectivity index (χ3v) is 7.22. The van der Waals surface area contributed by atoms with Crippen LogP contribution in [0.25, 0.3) is 0 Å². The van der Waals surface area contributed by atoms with E-state index < -0.39 is 15.4 Å². The molecule has 1 N–H and O–H groups in total. The summed E-state index contributed by atoms with van der Waals surface area (Å²) >= 11 is 0. The molecule has 0 spiro atoms. The van der Waals surface area contributed by atoms with Crippen molar-refractivity contribution >= 4 is 15.9 Å². The molecule has 1 saturated carbocycles. The summed E-state index contributed by atoms with van der Waals surface area (Å²) in [5.74, 6) is 1.02. The van der Waals surface area contributed by atoms with Crippen molar-refractivity contribution in [2.45, 2.75) is 38.1 Å². The predicted molar refractivity (Wildman–Crippen MR) is 100.0 cm³/mol. The monoisotopic (exact) mass is 405 g/mol. The lowest BCUT2D eigenvalue weighted by Gasteiger charge is -2.25. The third kappa shape index (κ3) is 3.30. The van der Waals surface area contributed by atoms with Crippen LogP contribution in [-0.2, 0) is 15.4 Å². The van der Waals surface area contributed by atoms with Gasteiger partial charge in [-0.1, -0.05) is 5.16 Å². The van der Waals surface area contributed by atoms with Gasteiger partial charge in [-0.2, -0.15) is 4.98 Å². The van der Waals surface area contributed by atoms with Crippen molar-refractivity contribution in [3.63, 3.8) is 0 Å². The van der Waals surface area contributed by atoms with Crippen LogP contribution in [0.15, 0.2) is 29.0 Å². The average molecular weight is 405 g/mol. The molecular formula is C18H23N5O4S. The molecule has 1 aliphatic heterocycles. The Morgan fingerprint density at radius 3 is 2.79 bits per heavy atom. The Balaban J connectivity index is 1.62. The summed E-state index contributed by atoms with van der Waals surface area (Å²) in [4.78, 5) is 23.1. The van der Waals surface area contributed by atoms with Crippen LogP contribution in [0.3, 0.4) is 0 Å². The number of carbonyl (C=O) groups excluding carboxylic acids is 1. The van der Waals surface area contributed by atoms with Gasteiger partial charge in [0.25, 0.3) is 5.91 Å². The van der Waals surface area contributed by atoms with E-state index in [-0.39, 0.29) is 23.6 Å². The molecule has 10 heteroatoms. The lowest BCUT2D eigenvalue weighted by molar-refractivity contribution is 0.0773. The second-order valence-corrected chi connectivity index (χ2v) is 9.62. The number of likely N-dealkylation sites (tertiary alicyclic amines) is 1. The predicted octanol–water partition coefficient (Wildman–Crippen LogP) is 0.885. The maximum Gasteiger partial charge on any atom is 0.254 e. The van der Waals surface area contributed by atoms with Gasteiger partial charge in [-0.15, -0.1) is 0 Å². The van der Waals surface area contributed by atoms with E-state index in [9.17, 15) is 13.2 Å². The molecule has 1 saturated heterocycles. The Hall–Kier alpha value is -2.33. The van der Waals surface area contributed by atoms with E-state index in [1.54, 1.807) is 43.3 Å². The standard InChI is InChI=1S/C18H23N5O4S/c1-3-28(25,26)22-15-8-14-10-23(16(24)13-4-6-19-7-5-13)11-18(14,9-15)17-20-12(2)21-27-17/h4-7,14-15,22H,3,8-11H2,1-2H3/t14-,15+,18-/m0/s1. The Kier molecular flexibility index (Phi) is 4.70. The second-order valence-electron chi connectivity index (χ2n) is 7.58. The summed E-state index contributed by atoms with van der Waals surface area (Å²) in [7, 11) is -3.31. The van der Waals surface area contributed by atoms with Crippen molar-refractivity contribution in [1.82, 2.24) is 24.7 Å². The number of aromatic nitrogens is 3. The molecule has 28 heavy (non-hydrogen) atoms. The van der Waals surface area contributed by atoms with Gasteiger partial charge in [0.1, 0.15) is 0 Å². The SMILES string of the molecule is CCS(=O)(=O)N[C@@H]1C[C@H]2CN(C(=O)c3ccncc3)C[C@@]2(c2nc(C)no2)C1. The molecule has 9 nitrogen and oxygen atoms in total. The van der Waals surface area contributed by atoms with E-state index in [4.69, 9.17) is 4.52 Å². The Morgan fingerprint density at radius 2 is 2.14 bits per heavy atom. The highest BCUT2D eigenvalue weighted by Gasteiger charge is 2.58. The number of amides is 1. The summed E-state index contributed by atoms with van der Waals surface area (Å²) in [6.07, 6.45) is 4.34. The molecule has 3 atom stereocenters. The van der Waals surface area contributed by atoms with Gasteiger partial charge in [-0.3, -0.25) is 9.78 Å². The molecule has 150 valence electrons. The highest BCUT2D eigenvalue weighted by atomic mass is 32.2. The molecule has 2 fully saturated rings. The first-order chi connectivity index (χ1) is 13.3. The molecule has 0 radical (unpaired) electrons. The van der Waals surface area contributed by atoms with Crippen LogP contribution >= 0.6 is 0 Å². The van der Waals surface area contributed by atoms with Crippen LogP contribution in [0, 0.1) is 12.8 Å². The van der Waals surface area contributed by atoms with E-state index in [1.807, 2.05) is 0 Å². The molecule has 3 heterocycles. The van der Waals surface area contributed by atoms with Gasteiger partial charge in [-0.05, 0) is 44.7 Å². The van der Waals surface area contributed by atoms with Crippen LogP contribution < -0.4 is 4.72 Å². The highest BCUT2D eigenvalue weighted by Crippen LogP contribution is 2.50. The van der Waals surface area contributed by atoms with Crippen molar-refractivity contribution in [2.75, 3.05) is 18.8 Å². The van der Waals surface area contributed by atoms with E-state index in [0.717, 1.165) is 0 Å².